The summed E-state index contributed by atoms with van der Waals surface area (Å²) in [6.45, 7) is 6.63. The van der Waals surface area contributed by atoms with E-state index in [0.29, 0.717) is 6.61 Å². The fourth-order valence-corrected chi connectivity index (χ4v) is 2.91. The van der Waals surface area contributed by atoms with Gasteiger partial charge in [-0.05, 0) is 31.9 Å². The van der Waals surface area contributed by atoms with E-state index in [1.54, 1.807) is 0 Å². The van der Waals surface area contributed by atoms with Crippen molar-refractivity contribution in [1.29, 1.82) is 0 Å². The van der Waals surface area contributed by atoms with Gasteiger partial charge in [0.1, 0.15) is 5.60 Å². The van der Waals surface area contributed by atoms with Gasteiger partial charge >= 0.3 is 0 Å². The highest BCUT2D eigenvalue weighted by Crippen LogP contribution is 2.52. The molecule has 0 radical (unpaired) electrons. The van der Waals surface area contributed by atoms with E-state index in [-0.39, 0.29) is 11.6 Å². The predicted molar refractivity (Wildman–Crippen MR) is 86.6 cm³/mol. The van der Waals surface area contributed by atoms with E-state index in [1.165, 1.54) is 5.06 Å². The number of nitrogens with zero attached hydrogens (tertiary/aromatic N) is 1. The lowest BCUT2D eigenvalue weighted by molar-refractivity contribution is -0.205. The van der Waals surface area contributed by atoms with Crippen molar-refractivity contribution in [3.63, 3.8) is 0 Å². The number of benzene rings is 2. The Labute approximate surface area is 132 Å². The molecule has 0 aliphatic carbocycles. The molecule has 1 fully saturated rings. The smallest absolute Gasteiger partial charge is 0.138 e. The molecule has 1 heterocycles. The Balaban J connectivity index is 2.07. The van der Waals surface area contributed by atoms with Crippen LogP contribution in [0.3, 0.4) is 0 Å². The molecule has 2 aromatic rings. The third-order valence-electron chi connectivity index (χ3n) is 4.21. The topological polar surface area (TPSA) is 36.0 Å². The summed E-state index contributed by atoms with van der Waals surface area (Å²) in [5.41, 5.74) is 1.30. The lowest BCUT2D eigenvalue weighted by Gasteiger charge is -2.39. The van der Waals surface area contributed by atoms with E-state index in [1.807, 2.05) is 69.3 Å². The van der Waals surface area contributed by atoms with Crippen LogP contribution in [0.2, 0.25) is 0 Å². The zero-order valence-electron chi connectivity index (χ0n) is 13.4. The maximum absolute atomic E-state index is 10.9. The maximum Gasteiger partial charge on any atom is 0.138 e. The Morgan fingerprint density at radius 2 is 1.50 bits per heavy atom. The first-order valence-electron chi connectivity index (χ1n) is 7.68. The van der Waals surface area contributed by atoms with Crippen LogP contribution in [-0.4, -0.2) is 22.4 Å². The first-order chi connectivity index (χ1) is 10.5. The van der Waals surface area contributed by atoms with E-state index in [2.05, 4.69) is 12.1 Å². The maximum atomic E-state index is 10.9. The Bertz CT molecular complexity index is 615. The van der Waals surface area contributed by atoms with Crippen molar-refractivity contribution in [2.45, 2.75) is 38.0 Å². The fraction of sp³-hybridized carbons (Fsp3) is 0.368. The van der Waals surface area contributed by atoms with Gasteiger partial charge in [-0.15, -0.1) is 0 Å². The molecule has 116 valence electrons. The average molecular weight is 297 g/mol. The number of rotatable bonds is 4. The number of hydrogen-bond acceptors (Lipinski definition) is 3. The highest BCUT2D eigenvalue weighted by Gasteiger charge is 2.57. The molecular formula is C19H23NO2. The fourth-order valence-electron chi connectivity index (χ4n) is 2.91. The van der Waals surface area contributed by atoms with Crippen LogP contribution in [-0.2, 0) is 10.3 Å². The van der Waals surface area contributed by atoms with E-state index < -0.39 is 5.60 Å². The van der Waals surface area contributed by atoms with E-state index >= 15 is 0 Å². The minimum absolute atomic E-state index is 0.240. The van der Waals surface area contributed by atoms with E-state index in [0.717, 1.165) is 11.1 Å². The van der Waals surface area contributed by atoms with Crippen LogP contribution >= 0.6 is 0 Å². The van der Waals surface area contributed by atoms with Crippen LogP contribution in [0.25, 0.3) is 0 Å². The third kappa shape index (κ3) is 2.68. The molecule has 3 nitrogen and oxygen atoms in total. The largest absolute Gasteiger partial charge is 0.362 e. The number of hydrogen-bond donors (Lipinski definition) is 1. The van der Waals surface area contributed by atoms with Gasteiger partial charge in [-0.2, -0.15) is 5.06 Å². The molecule has 22 heavy (non-hydrogen) atoms. The minimum Gasteiger partial charge on any atom is -0.362 e. The van der Waals surface area contributed by atoms with Crippen LogP contribution in [0.4, 0.5) is 0 Å². The summed E-state index contributed by atoms with van der Waals surface area (Å²) in [4.78, 5) is 0. The van der Waals surface area contributed by atoms with Gasteiger partial charge in [0.05, 0.1) is 12.6 Å². The molecule has 3 heteroatoms. The van der Waals surface area contributed by atoms with Crippen molar-refractivity contribution >= 4 is 0 Å². The lowest BCUT2D eigenvalue weighted by atomic mass is 9.85. The average Bonchev–Trinajstić information content (AvgIpc) is 3.30. The molecule has 0 unspecified atom stereocenters. The summed E-state index contributed by atoms with van der Waals surface area (Å²) in [5, 5.41) is 12.3. The zero-order chi connectivity index (χ0) is 15.8. The van der Waals surface area contributed by atoms with Gasteiger partial charge in [0.25, 0.3) is 0 Å². The molecule has 1 saturated heterocycles. The van der Waals surface area contributed by atoms with Crippen molar-refractivity contribution in [3.05, 3.63) is 71.8 Å². The summed E-state index contributed by atoms with van der Waals surface area (Å²) in [6.07, 6.45) is 0. The first kappa shape index (κ1) is 15.2. The Hall–Kier alpha value is -1.68. The third-order valence-corrected chi connectivity index (χ3v) is 4.21. The summed E-state index contributed by atoms with van der Waals surface area (Å²) >= 11 is 0. The van der Waals surface area contributed by atoms with Crippen LogP contribution in [0.1, 0.15) is 37.9 Å². The summed E-state index contributed by atoms with van der Waals surface area (Å²) in [7, 11) is 0. The van der Waals surface area contributed by atoms with E-state index in [9.17, 15) is 5.21 Å². The van der Waals surface area contributed by atoms with Gasteiger partial charge in [-0.3, -0.25) is 0 Å². The second-order valence-electron chi connectivity index (χ2n) is 6.87. The highest BCUT2D eigenvalue weighted by molar-refractivity contribution is 5.34. The summed E-state index contributed by atoms with van der Waals surface area (Å²) in [6, 6.07) is 20.0. The number of epoxide rings is 1. The highest BCUT2D eigenvalue weighted by atomic mass is 16.6. The molecule has 1 N–H and O–H groups in total. The molecule has 0 amide bonds. The molecule has 0 bridgehead atoms. The molecule has 2 atom stereocenters. The predicted octanol–water partition coefficient (Wildman–Crippen LogP) is 4.14. The van der Waals surface area contributed by atoms with Crippen molar-refractivity contribution in [2.75, 3.05) is 6.61 Å². The quantitative estimate of drug-likeness (QED) is 0.680. The van der Waals surface area contributed by atoms with Gasteiger partial charge in [-0.25, -0.2) is 0 Å². The monoisotopic (exact) mass is 297 g/mol. The van der Waals surface area contributed by atoms with Crippen molar-refractivity contribution in [3.8, 4) is 0 Å². The van der Waals surface area contributed by atoms with Gasteiger partial charge in [-0.1, -0.05) is 60.7 Å². The number of ether oxygens (including phenoxy) is 1. The van der Waals surface area contributed by atoms with Crippen molar-refractivity contribution in [1.82, 2.24) is 5.06 Å². The second kappa shape index (κ2) is 5.51. The molecule has 0 aromatic heterocycles. The van der Waals surface area contributed by atoms with Gasteiger partial charge in [0, 0.05) is 5.54 Å². The van der Waals surface area contributed by atoms with Crippen LogP contribution in [0.15, 0.2) is 60.7 Å². The molecule has 1 aliphatic rings. The van der Waals surface area contributed by atoms with Gasteiger partial charge < -0.3 is 9.94 Å². The van der Waals surface area contributed by atoms with Crippen LogP contribution < -0.4 is 0 Å². The molecular weight excluding hydrogens is 274 g/mol. The minimum atomic E-state index is -0.482. The van der Waals surface area contributed by atoms with Gasteiger partial charge in [0.15, 0.2) is 0 Å². The Morgan fingerprint density at radius 1 is 1.00 bits per heavy atom. The summed E-state index contributed by atoms with van der Waals surface area (Å²) < 4.78 is 5.91. The SMILES string of the molecule is CC(C)(C)N(O)[C@@H](c1ccccc1)[C@@]1(c2ccccc2)CO1. The van der Waals surface area contributed by atoms with Crippen molar-refractivity contribution in [2.24, 2.45) is 0 Å². The molecule has 0 spiro atoms. The lowest BCUT2D eigenvalue weighted by Crippen LogP contribution is -2.46. The number of hydroxylamine groups is 2. The zero-order valence-corrected chi connectivity index (χ0v) is 13.4. The van der Waals surface area contributed by atoms with Crippen LogP contribution in [0.5, 0.6) is 0 Å². The summed E-state index contributed by atoms with van der Waals surface area (Å²) in [5.74, 6) is 0. The first-order valence-corrected chi connectivity index (χ1v) is 7.68. The molecule has 0 saturated carbocycles. The van der Waals surface area contributed by atoms with Gasteiger partial charge in [0.2, 0.25) is 0 Å². The molecule has 2 aromatic carbocycles. The molecule has 1 aliphatic heterocycles. The normalized spacial score (nSPS) is 22.6. The van der Waals surface area contributed by atoms with Crippen LogP contribution in [0, 0.1) is 0 Å². The van der Waals surface area contributed by atoms with Crippen molar-refractivity contribution < 1.29 is 9.94 Å². The Morgan fingerprint density at radius 3 is 1.95 bits per heavy atom. The molecule has 3 rings (SSSR count). The van der Waals surface area contributed by atoms with E-state index in [4.69, 9.17) is 4.74 Å². The second-order valence-corrected chi connectivity index (χ2v) is 6.87. The Kier molecular flexibility index (Phi) is 3.81. The standard InChI is InChI=1S/C19H23NO2/c1-18(2,3)20(21)17(15-10-6-4-7-11-15)19(14-22-19)16-12-8-5-9-13-16/h4-13,17,21H,14H2,1-3H3/t17-,19-/m0/s1.